The lowest BCUT2D eigenvalue weighted by Gasteiger charge is -2.08. The SMILES string of the molecule is COC(=O)c1cc2cccnc2n(CBr)c1=O. The van der Waals surface area contributed by atoms with Crippen LogP contribution in [0.25, 0.3) is 11.0 Å². The highest BCUT2D eigenvalue weighted by Gasteiger charge is 2.15. The third kappa shape index (κ3) is 1.95. The number of aromatic nitrogens is 2. The predicted octanol–water partition coefficient (Wildman–Crippen LogP) is 1.54. The van der Waals surface area contributed by atoms with Gasteiger partial charge in [-0.25, -0.2) is 9.78 Å². The highest BCUT2D eigenvalue weighted by atomic mass is 79.9. The summed E-state index contributed by atoms with van der Waals surface area (Å²) in [5, 5.41) is 0.715. The molecule has 0 unspecified atom stereocenters. The molecule has 0 spiro atoms. The van der Waals surface area contributed by atoms with Crippen LogP contribution in [0.2, 0.25) is 0 Å². The van der Waals surface area contributed by atoms with Crippen LogP contribution < -0.4 is 5.56 Å². The zero-order valence-electron chi connectivity index (χ0n) is 9.01. The molecule has 0 bridgehead atoms. The number of methoxy groups -OCH3 is 1. The zero-order chi connectivity index (χ0) is 12.4. The normalized spacial score (nSPS) is 10.5. The first kappa shape index (κ1) is 11.8. The van der Waals surface area contributed by atoms with Gasteiger partial charge in [-0.2, -0.15) is 0 Å². The molecule has 5 nitrogen and oxygen atoms in total. The molecule has 0 aliphatic rings. The lowest BCUT2D eigenvalue weighted by atomic mass is 10.2. The van der Waals surface area contributed by atoms with E-state index < -0.39 is 11.5 Å². The number of fused-ring (bicyclic) bond motifs is 1. The van der Waals surface area contributed by atoms with Crippen LogP contribution in [0.15, 0.2) is 29.2 Å². The number of rotatable bonds is 2. The maximum atomic E-state index is 12.0. The molecular formula is C11H9BrN2O3. The number of carbonyl (C=O) groups excluding carboxylic acids is 1. The minimum absolute atomic E-state index is 0.00690. The quantitative estimate of drug-likeness (QED) is 0.623. The van der Waals surface area contributed by atoms with E-state index in [9.17, 15) is 9.59 Å². The zero-order valence-corrected chi connectivity index (χ0v) is 10.6. The first-order valence-corrected chi connectivity index (χ1v) is 5.94. The van der Waals surface area contributed by atoms with Gasteiger partial charge in [0.15, 0.2) is 0 Å². The molecule has 0 atom stereocenters. The Hall–Kier alpha value is -1.69. The molecule has 17 heavy (non-hydrogen) atoms. The minimum Gasteiger partial charge on any atom is -0.465 e. The molecule has 88 valence electrons. The highest BCUT2D eigenvalue weighted by Crippen LogP contribution is 2.12. The van der Waals surface area contributed by atoms with Gasteiger partial charge < -0.3 is 4.74 Å². The molecule has 0 aliphatic carbocycles. The van der Waals surface area contributed by atoms with Crippen LogP contribution in [0.5, 0.6) is 0 Å². The van der Waals surface area contributed by atoms with E-state index in [2.05, 4.69) is 25.7 Å². The van der Waals surface area contributed by atoms with Crippen LogP contribution in [0.4, 0.5) is 0 Å². The van der Waals surface area contributed by atoms with Crippen LogP contribution in [0, 0.1) is 0 Å². The van der Waals surface area contributed by atoms with E-state index in [0.29, 0.717) is 11.0 Å². The average Bonchev–Trinajstić information content (AvgIpc) is 2.37. The monoisotopic (exact) mass is 296 g/mol. The van der Waals surface area contributed by atoms with Crippen LogP contribution in [-0.4, -0.2) is 22.6 Å². The van der Waals surface area contributed by atoms with Gasteiger partial charge >= 0.3 is 5.97 Å². The summed E-state index contributed by atoms with van der Waals surface area (Å²) in [6.07, 6.45) is 1.60. The van der Waals surface area contributed by atoms with Crippen molar-refractivity contribution >= 4 is 32.9 Å². The molecule has 0 aromatic carbocycles. The Morgan fingerprint density at radius 1 is 1.59 bits per heavy atom. The second-order valence-corrected chi connectivity index (χ2v) is 3.82. The van der Waals surface area contributed by atoms with E-state index in [0.717, 1.165) is 0 Å². The van der Waals surface area contributed by atoms with E-state index in [4.69, 9.17) is 0 Å². The molecule has 2 aromatic heterocycles. The molecule has 2 aromatic rings. The third-order valence-electron chi connectivity index (χ3n) is 2.37. The Kier molecular flexibility index (Phi) is 3.23. The van der Waals surface area contributed by atoms with Gasteiger partial charge in [0, 0.05) is 11.6 Å². The molecule has 0 saturated heterocycles. The Morgan fingerprint density at radius 3 is 3.00 bits per heavy atom. The lowest BCUT2D eigenvalue weighted by Crippen LogP contribution is -2.26. The summed E-state index contributed by atoms with van der Waals surface area (Å²) in [5.41, 5.74) is 0.388. The van der Waals surface area contributed by atoms with Crippen molar-refractivity contribution in [3.05, 3.63) is 40.3 Å². The second kappa shape index (κ2) is 4.67. The molecule has 0 radical (unpaired) electrons. The molecular weight excluding hydrogens is 288 g/mol. The van der Waals surface area contributed by atoms with Crippen molar-refractivity contribution in [3.63, 3.8) is 0 Å². The first-order chi connectivity index (χ1) is 8.19. The van der Waals surface area contributed by atoms with Crippen molar-refractivity contribution in [2.45, 2.75) is 5.45 Å². The molecule has 0 aliphatic heterocycles. The topological polar surface area (TPSA) is 61.2 Å². The Balaban J connectivity index is 2.85. The number of nitrogens with zero attached hydrogens (tertiary/aromatic N) is 2. The standard InChI is InChI=1S/C11H9BrN2O3/c1-17-11(16)8-5-7-3-2-4-13-9(7)14(6-12)10(8)15/h2-5H,6H2,1H3. The summed E-state index contributed by atoms with van der Waals surface area (Å²) in [6.45, 7) is 0. The number of pyridine rings is 2. The smallest absolute Gasteiger partial charge is 0.343 e. The molecule has 6 heteroatoms. The summed E-state index contributed by atoms with van der Waals surface area (Å²) in [5.74, 6) is -0.643. The summed E-state index contributed by atoms with van der Waals surface area (Å²) >= 11 is 3.21. The van der Waals surface area contributed by atoms with Crippen molar-refractivity contribution < 1.29 is 9.53 Å². The van der Waals surface area contributed by atoms with Crippen LogP contribution in [-0.2, 0) is 10.2 Å². The second-order valence-electron chi connectivity index (χ2n) is 3.32. The molecule has 0 N–H and O–H groups in total. The summed E-state index contributed by atoms with van der Waals surface area (Å²) < 4.78 is 5.95. The predicted molar refractivity (Wildman–Crippen MR) is 66.3 cm³/mol. The number of hydrogen-bond acceptors (Lipinski definition) is 4. The van der Waals surface area contributed by atoms with Crippen molar-refractivity contribution in [2.75, 3.05) is 7.11 Å². The van der Waals surface area contributed by atoms with Gasteiger partial charge in [-0.05, 0) is 18.2 Å². The molecule has 0 amide bonds. The van der Waals surface area contributed by atoms with Gasteiger partial charge in [-0.1, -0.05) is 15.9 Å². The number of alkyl halides is 1. The highest BCUT2D eigenvalue weighted by molar-refractivity contribution is 9.08. The van der Waals surface area contributed by atoms with Crippen molar-refractivity contribution in [1.29, 1.82) is 0 Å². The van der Waals surface area contributed by atoms with E-state index in [1.165, 1.54) is 17.7 Å². The Labute approximate surface area is 105 Å². The van der Waals surface area contributed by atoms with Gasteiger partial charge in [0.05, 0.1) is 12.6 Å². The number of carbonyl (C=O) groups is 1. The Morgan fingerprint density at radius 2 is 2.35 bits per heavy atom. The average molecular weight is 297 g/mol. The fraction of sp³-hybridized carbons (Fsp3) is 0.182. The lowest BCUT2D eigenvalue weighted by molar-refractivity contribution is 0.0598. The Bertz CT molecular complexity index is 636. The third-order valence-corrected chi connectivity index (χ3v) is 2.87. The fourth-order valence-electron chi connectivity index (χ4n) is 1.57. The number of esters is 1. The maximum absolute atomic E-state index is 12.0. The van der Waals surface area contributed by atoms with Crippen molar-refractivity contribution in [1.82, 2.24) is 9.55 Å². The van der Waals surface area contributed by atoms with Gasteiger partial charge in [0.2, 0.25) is 0 Å². The van der Waals surface area contributed by atoms with Gasteiger partial charge in [0.25, 0.3) is 5.56 Å². The molecule has 2 heterocycles. The van der Waals surface area contributed by atoms with E-state index >= 15 is 0 Å². The maximum Gasteiger partial charge on any atom is 0.343 e. The van der Waals surface area contributed by atoms with Crippen LogP contribution in [0.3, 0.4) is 0 Å². The van der Waals surface area contributed by atoms with E-state index in [-0.39, 0.29) is 11.0 Å². The summed E-state index contributed by atoms with van der Waals surface area (Å²) in [7, 11) is 1.24. The van der Waals surface area contributed by atoms with Crippen molar-refractivity contribution in [2.24, 2.45) is 0 Å². The minimum atomic E-state index is -0.643. The molecule has 2 rings (SSSR count). The number of ether oxygens (including phenoxy) is 1. The van der Waals surface area contributed by atoms with E-state index in [1.54, 1.807) is 18.3 Å². The van der Waals surface area contributed by atoms with Gasteiger partial charge in [-0.15, -0.1) is 0 Å². The fourth-order valence-corrected chi connectivity index (χ4v) is 2.04. The van der Waals surface area contributed by atoms with Crippen molar-refractivity contribution in [3.8, 4) is 0 Å². The van der Waals surface area contributed by atoms with E-state index in [1.807, 2.05) is 0 Å². The molecule has 0 fully saturated rings. The summed E-state index contributed by atoms with van der Waals surface area (Å²) in [6, 6.07) is 5.02. The summed E-state index contributed by atoms with van der Waals surface area (Å²) in [4.78, 5) is 27.6. The number of hydrogen-bond donors (Lipinski definition) is 0. The number of halogens is 1. The van der Waals surface area contributed by atoms with Crippen LogP contribution in [0.1, 0.15) is 10.4 Å². The van der Waals surface area contributed by atoms with Crippen LogP contribution >= 0.6 is 15.9 Å². The first-order valence-electron chi connectivity index (χ1n) is 4.82. The van der Waals surface area contributed by atoms with Gasteiger partial charge in [-0.3, -0.25) is 9.36 Å². The largest absolute Gasteiger partial charge is 0.465 e. The molecule has 0 saturated carbocycles. The van der Waals surface area contributed by atoms with Gasteiger partial charge in [0.1, 0.15) is 11.2 Å².